The molecule has 0 fully saturated rings. The van der Waals surface area contributed by atoms with Crippen molar-refractivity contribution in [3.63, 3.8) is 0 Å². The van der Waals surface area contributed by atoms with Gasteiger partial charge in [-0.15, -0.1) is 11.6 Å². The van der Waals surface area contributed by atoms with Crippen LogP contribution in [0.4, 0.5) is 0 Å². The van der Waals surface area contributed by atoms with Crippen LogP contribution in [0.3, 0.4) is 0 Å². The van der Waals surface area contributed by atoms with Crippen molar-refractivity contribution in [3.05, 3.63) is 0 Å². The minimum atomic E-state index is -3.51. The number of alkyl halides is 1. The van der Waals surface area contributed by atoms with Crippen molar-refractivity contribution in [2.24, 2.45) is 0 Å². The SMILES string of the molecule is CCl.O=[PH]([O-])O[PH](=O)[O-].[Cd+2]. The summed E-state index contributed by atoms with van der Waals surface area (Å²) in [6, 6.07) is 0. The third-order valence-electron chi connectivity index (χ3n) is 0.167. The molecule has 0 aliphatic carbocycles. The van der Waals surface area contributed by atoms with Gasteiger partial charge in [0.15, 0.2) is 0 Å². The predicted octanol–water partition coefficient (Wildman–Crippen LogP) is -0.645. The quantitative estimate of drug-likeness (QED) is 0.384. The van der Waals surface area contributed by atoms with E-state index in [1.165, 1.54) is 6.38 Å². The molecule has 0 rings (SSSR count). The summed E-state index contributed by atoms with van der Waals surface area (Å²) in [6.45, 7) is 0. The van der Waals surface area contributed by atoms with Crippen molar-refractivity contribution in [3.8, 4) is 0 Å². The minimum absolute atomic E-state index is 0. The van der Waals surface area contributed by atoms with Gasteiger partial charge in [-0.3, -0.25) is 4.31 Å². The Morgan fingerprint density at radius 2 is 1.40 bits per heavy atom. The molecule has 0 aromatic carbocycles. The van der Waals surface area contributed by atoms with Crippen molar-refractivity contribution in [2.45, 2.75) is 0 Å². The van der Waals surface area contributed by atoms with Gasteiger partial charge in [-0.2, -0.15) is 0 Å². The summed E-state index contributed by atoms with van der Waals surface area (Å²) < 4.78 is 21.8. The summed E-state index contributed by atoms with van der Waals surface area (Å²) in [7, 11) is -7.03. The molecule has 0 aliphatic rings. The molecule has 0 amide bonds. The van der Waals surface area contributed by atoms with E-state index in [4.69, 9.17) is 0 Å². The second kappa shape index (κ2) is 13.2. The van der Waals surface area contributed by atoms with Gasteiger partial charge in [-0.05, 0) is 0 Å². The van der Waals surface area contributed by atoms with Crippen LogP contribution in [-0.2, 0) is 40.7 Å². The summed E-state index contributed by atoms with van der Waals surface area (Å²) in [5.74, 6) is 0. The van der Waals surface area contributed by atoms with E-state index in [0.29, 0.717) is 0 Å². The van der Waals surface area contributed by atoms with Crippen molar-refractivity contribution < 1.29 is 50.5 Å². The van der Waals surface area contributed by atoms with Gasteiger partial charge >= 0.3 is 27.3 Å². The summed E-state index contributed by atoms with van der Waals surface area (Å²) in [5, 5.41) is 0. The first-order valence-electron chi connectivity index (χ1n) is 1.60. The fourth-order valence-corrected chi connectivity index (χ4v) is 0.612. The Kier molecular flexibility index (Phi) is 23.2. The van der Waals surface area contributed by atoms with Gasteiger partial charge < -0.3 is 18.9 Å². The average molecular weight is 307 g/mol. The van der Waals surface area contributed by atoms with Crippen LogP contribution >= 0.6 is 28.1 Å². The molecule has 2 atom stereocenters. The van der Waals surface area contributed by atoms with E-state index < -0.39 is 16.5 Å². The standard InChI is InChI=1S/CH3Cl.Cd.H4O5P2/c1-2;;1-6(2)5-7(3)4/h1H3;;6-7H,(H,1,2)(H,3,4)/q;+2;/p-2. The largest absolute Gasteiger partial charge is 2.00 e. The molecule has 0 saturated heterocycles. The van der Waals surface area contributed by atoms with Gasteiger partial charge in [-0.1, -0.05) is 0 Å². The smallest absolute Gasteiger partial charge is 0.781 e. The van der Waals surface area contributed by atoms with Crippen LogP contribution in [0.25, 0.3) is 0 Å². The Morgan fingerprint density at radius 1 is 1.20 bits per heavy atom. The van der Waals surface area contributed by atoms with Gasteiger partial charge in [0.25, 0.3) is 0 Å². The molecule has 2 unspecified atom stereocenters. The maximum atomic E-state index is 9.29. The molecule has 0 spiro atoms. The third-order valence-corrected chi connectivity index (χ3v) is 1.50. The molecular weight excluding hydrogens is 302 g/mol. The van der Waals surface area contributed by atoms with Gasteiger partial charge in [0.05, 0.1) is 0 Å². The maximum Gasteiger partial charge on any atom is 2.00 e. The molecule has 58 valence electrons. The molecule has 9 heteroatoms. The van der Waals surface area contributed by atoms with Crippen LogP contribution in [0, 0.1) is 0 Å². The molecule has 0 saturated carbocycles. The Hall–Kier alpha value is 1.55. The van der Waals surface area contributed by atoms with Gasteiger partial charge in [-0.25, -0.2) is 0 Å². The fourth-order valence-electron chi connectivity index (χ4n) is 0.0680. The number of hydrogen-bond donors (Lipinski definition) is 0. The van der Waals surface area contributed by atoms with E-state index in [1.807, 2.05) is 0 Å². The topological polar surface area (TPSA) is 89.5 Å². The Morgan fingerprint density at radius 3 is 1.40 bits per heavy atom. The number of halogens is 1. The van der Waals surface area contributed by atoms with E-state index in [0.717, 1.165) is 0 Å². The first-order valence-corrected chi connectivity index (χ1v) is 4.81. The van der Waals surface area contributed by atoms with Gasteiger partial charge in [0.1, 0.15) is 16.5 Å². The predicted molar refractivity (Wildman–Crippen MR) is 30.9 cm³/mol. The minimum Gasteiger partial charge on any atom is -0.781 e. The van der Waals surface area contributed by atoms with Crippen LogP contribution in [-0.4, -0.2) is 6.38 Å². The van der Waals surface area contributed by atoms with Crippen LogP contribution < -0.4 is 9.79 Å². The fraction of sp³-hybridized carbons (Fsp3) is 1.00. The van der Waals surface area contributed by atoms with E-state index in [9.17, 15) is 18.9 Å². The van der Waals surface area contributed by atoms with Crippen molar-refractivity contribution in [1.29, 1.82) is 0 Å². The van der Waals surface area contributed by atoms with Crippen LogP contribution in [0.1, 0.15) is 0 Å². The second-order valence-electron chi connectivity index (χ2n) is 0.602. The normalized spacial score (nSPS) is 13.6. The molecule has 0 N–H and O–H groups in total. The van der Waals surface area contributed by atoms with Crippen LogP contribution in [0.2, 0.25) is 0 Å². The summed E-state index contributed by atoms with van der Waals surface area (Å²) in [6.07, 6.45) is 1.47. The van der Waals surface area contributed by atoms with E-state index in [-0.39, 0.29) is 27.3 Å². The molecule has 0 heterocycles. The Labute approximate surface area is 84.8 Å². The summed E-state index contributed by atoms with van der Waals surface area (Å²) in [4.78, 5) is 18.6. The van der Waals surface area contributed by atoms with Crippen molar-refractivity contribution in [2.75, 3.05) is 6.38 Å². The Balaban J connectivity index is -0.000000149. The van der Waals surface area contributed by atoms with Crippen molar-refractivity contribution in [1.82, 2.24) is 0 Å². The summed E-state index contributed by atoms with van der Waals surface area (Å²) >= 11 is 4.64. The van der Waals surface area contributed by atoms with Gasteiger partial charge in [0.2, 0.25) is 0 Å². The van der Waals surface area contributed by atoms with E-state index in [2.05, 4.69) is 15.9 Å². The van der Waals surface area contributed by atoms with E-state index >= 15 is 0 Å². The first-order chi connectivity index (χ1) is 4.13. The molecule has 0 aromatic rings. The van der Waals surface area contributed by atoms with Crippen LogP contribution in [0.5, 0.6) is 0 Å². The molecular formula is CH5CdClO5P2. The van der Waals surface area contributed by atoms with E-state index in [1.54, 1.807) is 0 Å². The molecule has 0 aromatic heterocycles. The zero-order valence-electron chi connectivity index (χ0n) is 5.13. The second-order valence-corrected chi connectivity index (χ2v) is 2.42. The van der Waals surface area contributed by atoms with Crippen molar-refractivity contribution >= 4 is 28.1 Å². The molecule has 10 heavy (non-hydrogen) atoms. The molecule has 0 aliphatic heterocycles. The number of rotatable bonds is 2. The number of hydrogen-bond acceptors (Lipinski definition) is 5. The monoisotopic (exact) mass is 308 g/mol. The maximum absolute atomic E-state index is 9.29. The van der Waals surface area contributed by atoms with Gasteiger partial charge in [0, 0.05) is 6.38 Å². The average Bonchev–Trinajstić information content (AvgIpc) is 1.68. The Bertz CT molecular complexity index is 95.8. The molecule has 0 radical (unpaired) electrons. The summed E-state index contributed by atoms with van der Waals surface area (Å²) in [5.41, 5.74) is 0. The zero-order chi connectivity index (χ0) is 7.86. The van der Waals surface area contributed by atoms with Crippen LogP contribution in [0.15, 0.2) is 0 Å². The molecule has 0 bridgehead atoms. The molecule has 5 nitrogen and oxygen atoms in total. The zero-order valence-corrected chi connectivity index (χ0v) is 11.9. The first kappa shape index (κ1) is 17.6. The third kappa shape index (κ3) is 22.7.